The van der Waals surface area contributed by atoms with Crippen molar-refractivity contribution in [1.82, 2.24) is 9.97 Å². The van der Waals surface area contributed by atoms with Crippen molar-refractivity contribution in [1.29, 1.82) is 0 Å². The van der Waals surface area contributed by atoms with E-state index in [1.807, 2.05) is 49.4 Å². The molecule has 0 spiro atoms. The van der Waals surface area contributed by atoms with Gasteiger partial charge in [0.2, 0.25) is 0 Å². The molecular formula is C17H16N2O2. The van der Waals surface area contributed by atoms with Crippen molar-refractivity contribution in [2.75, 3.05) is 14.2 Å². The topological polar surface area (TPSA) is 44.2 Å². The molecule has 106 valence electrons. The second-order valence-corrected chi connectivity index (χ2v) is 4.71. The first-order chi connectivity index (χ1) is 10.2. The van der Waals surface area contributed by atoms with Crippen LogP contribution in [0.1, 0.15) is 5.69 Å². The number of aryl methyl sites for hydroxylation is 1. The number of ether oxygens (including phenoxy) is 2. The van der Waals surface area contributed by atoms with Crippen molar-refractivity contribution in [3.63, 3.8) is 0 Å². The minimum absolute atomic E-state index is 0.753. The number of methoxy groups -OCH3 is 2. The quantitative estimate of drug-likeness (QED) is 0.735. The smallest absolute Gasteiger partial charge is 0.128 e. The van der Waals surface area contributed by atoms with E-state index in [0.717, 1.165) is 39.5 Å². The number of fused-ring (bicyclic) bond motifs is 1. The molecular weight excluding hydrogens is 264 g/mol. The van der Waals surface area contributed by atoms with E-state index in [-0.39, 0.29) is 0 Å². The summed E-state index contributed by atoms with van der Waals surface area (Å²) in [4.78, 5) is 9.35. The van der Waals surface area contributed by atoms with Crippen LogP contribution in [0.5, 0.6) is 11.5 Å². The van der Waals surface area contributed by atoms with Crippen LogP contribution < -0.4 is 9.47 Å². The Bertz CT molecular complexity index is 800. The van der Waals surface area contributed by atoms with Gasteiger partial charge in [0.1, 0.15) is 11.5 Å². The van der Waals surface area contributed by atoms with E-state index in [1.54, 1.807) is 14.2 Å². The number of rotatable bonds is 3. The minimum atomic E-state index is 0.753. The Morgan fingerprint density at radius 3 is 2.24 bits per heavy atom. The fraction of sp³-hybridized carbons (Fsp3) is 0.176. The van der Waals surface area contributed by atoms with Gasteiger partial charge in [-0.3, -0.25) is 0 Å². The van der Waals surface area contributed by atoms with Crippen LogP contribution in [-0.2, 0) is 0 Å². The standard InChI is InChI=1S/C17H16N2O2/c1-11-17(19-15-7-5-4-6-14(15)18-11)13-10-12(20-2)8-9-16(13)21-3/h4-10H,1-3H3. The molecule has 0 saturated heterocycles. The summed E-state index contributed by atoms with van der Waals surface area (Å²) < 4.78 is 10.7. The lowest BCUT2D eigenvalue weighted by Crippen LogP contribution is -1.97. The Balaban J connectivity index is 2.26. The summed E-state index contributed by atoms with van der Waals surface area (Å²) in [6.45, 7) is 1.95. The molecule has 0 aliphatic heterocycles. The van der Waals surface area contributed by atoms with Crippen molar-refractivity contribution in [2.24, 2.45) is 0 Å². The number of para-hydroxylation sites is 2. The average molecular weight is 280 g/mol. The van der Waals surface area contributed by atoms with Gasteiger partial charge in [0.15, 0.2) is 0 Å². The largest absolute Gasteiger partial charge is 0.497 e. The minimum Gasteiger partial charge on any atom is -0.497 e. The van der Waals surface area contributed by atoms with E-state index in [0.29, 0.717) is 0 Å². The third kappa shape index (κ3) is 2.40. The lowest BCUT2D eigenvalue weighted by atomic mass is 10.1. The zero-order valence-corrected chi connectivity index (χ0v) is 12.3. The maximum Gasteiger partial charge on any atom is 0.128 e. The first-order valence-corrected chi connectivity index (χ1v) is 6.68. The van der Waals surface area contributed by atoms with Gasteiger partial charge in [-0.2, -0.15) is 0 Å². The molecule has 3 rings (SSSR count). The van der Waals surface area contributed by atoms with Crippen molar-refractivity contribution in [3.8, 4) is 22.8 Å². The molecule has 0 saturated carbocycles. The van der Waals surface area contributed by atoms with Gasteiger partial charge < -0.3 is 9.47 Å². The highest BCUT2D eigenvalue weighted by molar-refractivity contribution is 5.80. The maximum absolute atomic E-state index is 5.44. The molecule has 0 amide bonds. The molecule has 4 heteroatoms. The van der Waals surface area contributed by atoms with Crippen LogP contribution in [-0.4, -0.2) is 24.2 Å². The van der Waals surface area contributed by atoms with E-state index in [1.165, 1.54) is 0 Å². The van der Waals surface area contributed by atoms with Gasteiger partial charge in [-0.15, -0.1) is 0 Å². The van der Waals surface area contributed by atoms with E-state index in [9.17, 15) is 0 Å². The van der Waals surface area contributed by atoms with Crippen LogP contribution >= 0.6 is 0 Å². The highest BCUT2D eigenvalue weighted by Gasteiger charge is 2.13. The molecule has 1 heterocycles. The van der Waals surface area contributed by atoms with Crippen LogP contribution in [0.4, 0.5) is 0 Å². The van der Waals surface area contributed by atoms with Crippen LogP contribution in [0, 0.1) is 6.92 Å². The number of hydrogen-bond donors (Lipinski definition) is 0. The van der Waals surface area contributed by atoms with E-state index >= 15 is 0 Å². The van der Waals surface area contributed by atoms with Crippen LogP contribution in [0.15, 0.2) is 42.5 Å². The molecule has 0 unspecified atom stereocenters. The number of nitrogens with zero attached hydrogens (tertiary/aromatic N) is 2. The summed E-state index contributed by atoms with van der Waals surface area (Å²) in [5.74, 6) is 1.52. The van der Waals surface area contributed by atoms with Crippen molar-refractivity contribution < 1.29 is 9.47 Å². The fourth-order valence-corrected chi connectivity index (χ4v) is 2.34. The highest BCUT2D eigenvalue weighted by Crippen LogP contribution is 2.34. The summed E-state index contributed by atoms with van der Waals surface area (Å²) >= 11 is 0. The molecule has 3 aromatic rings. The molecule has 0 aliphatic carbocycles. The zero-order valence-electron chi connectivity index (χ0n) is 12.3. The molecule has 0 N–H and O–H groups in total. The lowest BCUT2D eigenvalue weighted by molar-refractivity contribution is 0.404. The zero-order chi connectivity index (χ0) is 14.8. The molecule has 4 nitrogen and oxygen atoms in total. The predicted octanol–water partition coefficient (Wildman–Crippen LogP) is 3.62. The fourth-order valence-electron chi connectivity index (χ4n) is 2.34. The third-order valence-electron chi connectivity index (χ3n) is 3.41. The Labute approximate surface area is 123 Å². The predicted molar refractivity (Wildman–Crippen MR) is 82.8 cm³/mol. The third-order valence-corrected chi connectivity index (χ3v) is 3.41. The highest BCUT2D eigenvalue weighted by atomic mass is 16.5. The molecule has 0 atom stereocenters. The Kier molecular flexibility index (Phi) is 3.44. The summed E-state index contributed by atoms with van der Waals surface area (Å²) in [6, 6.07) is 13.5. The lowest BCUT2D eigenvalue weighted by Gasteiger charge is -2.12. The SMILES string of the molecule is COc1ccc(OC)c(-c2nc3ccccc3nc2C)c1. The second kappa shape index (κ2) is 5.40. The number of aromatic nitrogens is 2. The van der Waals surface area contributed by atoms with E-state index in [2.05, 4.69) is 4.98 Å². The number of benzene rings is 2. The Morgan fingerprint density at radius 1 is 0.857 bits per heavy atom. The van der Waals surface area contributed by atoms with E-state index < -0.39 is 0 Å². The van der Waals surface area contributed by atoms with Crippen molar-refractivity contribution in [3.05, 3.63) is 48.2 Å². The monoisotopic (exact) mass is 280 g/mol. The molecule has 21 heavy (non-hydrogen) atoms. The normalized spacial score (nSPS) is 10.6. The molecule has 0 aliphatic rings. The van der Waals surface area contributed by atoms with Gasteiger partial charge in [0.05, 0.1) is 36.6 Å². The summed E-state index contributed by atoms with van der Waals surface area (Å²) in [5, 5.41) is 0. The van der Waals surface area contributed by atoms with Crippen LogP contribution in [0.25, 0.3) is 22.3 Å². The Morgan fingerprint density at radius 2 is 1.57 bits per heavy atom. The van der Waals surface area contributed by atoms with Gasteiger partial charge in [-0.25, -0.2) is 9.97 Å². The van der Waals surface area contributed by atoms with Gasteiger partial charge in [-0.1, -0.05) is 12.1 Å². The van der Waals surface area contributed by atoms with Gasteiger partial charge >= 0.3 is 0 Å². The Hall–Kier alpha value is -2.62. The molecule has 1 aromatic heterocycles. The summed E-state index contributed by atoms with van der Waals surface area (Å²) in [6.07, 6.45) is 0. The van der Waals surface area contributed by atoms with E-state index in [4.69, 9.17) is 14.5 Å². The number of hydrogen-bond acceptors (Lipinski definition) is 4. The maximum atomic E-state index is 5.44. The first-order valence-electron chi connectivity index (χ1n) is 6.68. The van der Waals surface area contributed by atoms with Gasteiger partial charge in [0.25, 0.3) is 0 Å². The first kappa shape index (κ1) is 13.4. The molecule has 2 aromatic carbocycles. The molecule has 0 radical (unpaired) electrons. The molecule has 0 fully saturated rings. The van der Waals surface area contributed by atoms with Crippen molar-refractivity contribution >= 4 is 11.0 Å². The second-order valence-electron chi connectivity index (χ2n) is 4.71. The van der Waals surface area contributed by atoms with Crippen LogP contribution in [0.2, 0.25) is 0 Å². The summed E-state index contributed by atoms with van der Waals surface area (Å²) in [7, 11) is 3.29. The van der Waals surface area contributed by atoms with Crippen LogP contribution in [0.3, 0.4) is 0 Å². The van der Waals surface area contributed by atoms with Gasteiger partial charge in [0, 0.05) is 5.56 Å². The van der Waals surface area contributed by atoms with Gasteiger partial charge in [-0.05, 0) is 37.3 Å². The average Bonchev–Trinajstić information content (AvgIpc) is 2.53. The summed E-state index contributed by atoms with van der Waals surface area (Å²) in [5.41, 5.74) is 4.31. The molecule has 0 bridgehead atoms. The van der Waals surface area contributed by atoms with Crippen molar-refractivity contribution in [2.45, 2.75) is 6.92 Å².